The fourth-order valence-electron chi connectivity index (χ4n) is 1.15. The van der Waals surface area contributed by atoms with Crippen LogP contribution < -0.4 is 0 Å². The summed E-state index contributed by atoms with van der Waals surface area (Å²) in [5.74, 6) is -2.12. The Hall–Kier alpha value is -1.59. The zero-order valence-electron chi connectivity index (χ0n) is 7.80. The standard InChI is InChI=1S/C9H8F3NO2/c1-4-8(10)5(3-7(14)15)2-6(13-4)9(11)12/h2,9H,3H2,1H3,(H,14,15). The van der Waals surface area contributed by atoms with Gasteiger partial charge in [0, 0.05) is 5.56 Å². The number of aliphatic carboxylic acids is 1. The molecule has 0 saturated carbocycles. The maximum Gasteiger partial charge on any atom is 0.307 e. The predicted octanol–water partition coefficient (Wildman–Crippen LogP) is 2.09. The molecule has 0 saturated heterocycles. The highest BCUT2D eigenvalue weighted by Crippen LogP contribution is 2.21. The molecule has 0 bridgehead atoms. The van der Waals surface area contributed by atoms with Gasteiger partial charge in [-0.2, -0.15) is 0 Å². The molecule has 1 heterocycles. The van der Waals surface area contributed by atoms with Crippen molar-refractivity contribution in [2.24, 2.45) is 0 Å². The molecule has 15 heavy (non-hydrogen) atoms. The minimum atomic E-state index is -2.84. The molecular weight excluding hydrogens is 211 g/mol. The summed E-state index contributed by atoms with van der Waals surface area (Å²) in [7, 11) is 0. The second-order valence-corrected chi connectivity index (χ2v) is 2.98. The maximum atomic E-state index is 13.2. The first kappa shape index (κ1) is 11.5. The molecule has 0 spiro atoms. The van der Waals surface area contributed by atoms with Gasteiger partial charge in [-0.15, -0.1) is 0 Å². The van der Waals surface area contributed by atoms with E-state index in [1.807, 2.05) is 0 Å². The molecule has 0 amide bonds. The van der Waals surface area contributed by atoms with Crippen molar-refractivity contribution in [1.29, 1.82) is 0 Å². The molecule has 1 aromatic heterocycles. The molecule has 3 nitrogen and oxygen atoms in total. The Kier molecular flexibility index (Phi) is 3.28. The minimum absolute atomic E-state index is 0.218. The molecular formula is C9H8F3NO2. The summed E-state index contributed by atoms with van der Waals surface area (Å²) in [5, 5.41) is 8.44. The molecule has 1 rings (SSSR count). The molecule has 0 aromatic carbocycles. The van der Waals surface area contributed by atoms with Crippen LogP contribution >= 0.6 is 0 Å². The van der Waals surface area contributed by atoms with Gasteiger partial charge in [0.1, 0.15) is 11.5 Å². The average Bonchev–Trinajstić information content (AvgIpc) is 2.11. The molecule has 0 radical (unpaired) electrons. The summed E-state index contributed by atoms with van der Waals surface area (Å²) in [5.41, 5.74) is -1.10. The number of aryl methyl sites for hydroxylation is 1. The third-order valence-corrected chi connectivity index (χ3v) is 1.78. The zero-order valence-corrected chi connectivity index (χ0v) is 7.80. The summed E-state index contributed by atoms with van der Waals surface area (Å²) in [6.07, 6.45) is -3.47. The quantitative estimate of drug-likeness (QED) is 0.846. The summed E-state index contributed by atoms with van der Waals surface area (Å²) in [6.45, 7) is 1.21. The van der Waals surface area contributed by atoms with Crippen LogP contribution in [0.3, 0.4) is 0 Å². The van der Waals surface area contributed by atoms with Crippen LogP contribution in [0.1, 0.15) is 23.4 Å². The highest BCUT2D eigenvalue weighted by molar-refractivity contribution is 5.70. The maximum absolute atomic E-state index is 13.2. The van der Waals surface area contributed by atoms with Gasteiger partial charge < -0.3 is 5.11 Å². The van der Waals surface area contributed by atoms with Crippen LogP contribution in [0.25, 0.3) is 0 Å². The number of hydrogen-bond donors (Lipinski definition) is 1. The number of rotatable bonds is 3. The van der Waals surface area contributed by atoms with Crippen molar-refractivity contribution < 1.29 is 23.1 Å². The number of hydrogen-bond acceptors (Lipinski definition) is 2. The van der Waals surface area contributed by atoms with E-state index in [2.05, 4.69) is 4.98 Å². The van der Waals surface area contributed by atoms with E-state index in [0.29, 0.717) is 0 Å². The predicted molar refractivity (Wildman–Crippen MR) is 45.2 cm³/mol. The number of pyridine rings is 1. The van der Waals surface area contributed by atoms with Crippen LogP contribution in [0, 0.1) is 12.7 Å². The van der Waals surface area contributed by atoms with Crippen LogP contribution in [0.5, 0.6) is 0 Å². The molecule has 0 aliphatic carbocycles. The van der Waals surface area contributed by atoms with Crippen molar-refractivity contribution in [1.82, 2.24) is 4.98 Å². The van der Waals surface area contributed by atoms with Crippen LogP contribution in [0.4, 0.5) is 13.2 Å². The fourth-order valence-corrected chi connectivity index (χ4v) is 1.15. The molecule has 0 fully saturated rings. The first-order valence-corrected chi connectivity index (χ1v) is 4.07. The lowest BCUT2D eigenvalue weighted by Gasteiger charge is -2.06. The first-order valence-electron chi connectivity index (χ1n) is 4.07. The van der Waals surface area contributed by atoms with Crippen molar-refractivity contribution >= 4 is 5.97 Å². The second-order valence-electron chi connectivity index (χ2n) is 2.98. The van der Waals surface area contributed by atoms with E-state index < -0.39 is 30.3 Å². The lowest BCUT2D eigenvalue weighted by molar-refractivity contribution is -0.136. The average molecular weight is 219 g/mol. The Morgan fingerprint density at radius 1 is 1.60 bits per heavy atom. The monoisotopic (exact) mass is 219 g/mol. The number of nitrogens with zero attached hydrogens (tertiary/aromatic N) is 1. The molecule has 0 atom stereocenters. The number of carboxylic acids is 1. The SMILES string of the molecule is Cc1nc(C(F)F)cc(CC(=O)O)c1F. The van der Waals surface area contributed by atoms with Gasteiger partial charge in [0.2, 0.25) is 0 Å². The lowest BCUT2D eigenvalue weighted by atomic mass is 10.1. The van der Waals surface area contributed by atoms with E-state index in [0.717, 1.165) is 6.07 Å². The van der Waals surface area contributed by atoms with Gasteiger partial charge in [0.05, 0.1) is 12.1 Å². The number of carbonyl (C=O) groups is 1. The lowest BCUT2D eigenvalue weighted by Crippen LogP contribution is -2.07. The number of carboxylic acid groups (broad SMARTS) is 1. The van der Waals surface area contributed by atoms with Gasteiger partial charge in [-0.3, -0.25) is 4.79 Å². The van der Waals surface area contributed by atoms with E-state index in [9.17, 15) is 18.0 Å². The molecule has 1 N–H and O–H groups in total. The smallest absolute Gasteiger partial charge is 0.307 e. The number of alkyl halides is 2. The highest BCUT2D eigenvalue weighted by atomic mass is 19.3. The summed E-state index contributed by atoms with van der Waals surface area (Å²) < 4.78 is 37.8. The van der Waals surface area contributed by atoms with Gasteiger partial charge in [-0.1, -0.05) is 0 Å². The van der Waals surface area contributed by atoms with Crippen molar-refractivity contribution in [2.45, 2.75) is 19.8 Å². The number of aromatic nitrogens is 1. The van der Waals surface area contributed by atoms with Gasteiger partial charge >= 0.3 is 5.97 Å². The van der Waals surface area contributed by atoms with Crippen molar-refractivity contribution in [3.63, 3.8) is 0 Å². The van der Waals surface area contributed by atoms with Crippen molar-refractivity contribution in [3.05, 3.63) is 28.8 Å². The summed E-state index contributed by atoms with van der Waals surface area (Å²) >= 11 is 0. The molecule has 0 unspecified atom stereocenters. The third-order valence-electron chi connectivity index (χ3n) is 1.78. The highest BCUT2D eigenvalue weighted by Gasteiger charge is 2.16. The second kappa shape index (κ2) is 4.29. The Bertz CT molecular complexity index is 393. The van der Waals surface area contributed by atoms with Crippen LogP contribution in [-0.4, -0.2) is 16.1 Å². The normalized spacial score (nSPS) is 10.7. The van der Waals surface area contributed by atoms with Crippen LogP contribution in [-0.2, 0) is 11.2 Å². The van der Waals surface area contributed by atoms with Gasteiger partial charge in [0.25, 0.3) is 6.43 Å². The van der Waals surface area contributed by atoms with E-state index >= 15 is 0 Å². The molecule has 0 aliphatic rings. The Morgan fingerprint density at radius 3 is 2.67 bits per heavy atom. The first-order chi connectivity index (χ1) is 6.91. The number of halogens is 3. The van der Waals surface area contributed by atoms with Gasteiger partial charge in [0.15, 0.2) is 0 Å². The van der Waals surface area contributed by atoms with Crippen LogP contribution in [0.2, 0.25) is 0 Å². The Balaban J connectivity index is 3.18. The summed E-state index contributed by atoms with van der Waals surface area (Å²) in [6, 6.07) is 0.779. The fraction of sp³-hybridized carbons (Fsp3) is 0.333. The summed E-state index contributed by atoms with van der Waals surface area (Å²) in [4.78, 5) is 13.7. The molecule has 0 aliphatic heterocycles. The van der Waals surface area contributed by atoms with E-state index in [1.165, 1.54) is 6.92 Å². The zero-order chi connectivity index (χ0) is 11.6. The van der Waals surface area contributed by atoms with Crippen molar-refractivity contribution in [3.8, 4) is 0 Å². The Labute approximate surface area is 83.6 Å². The molecule has 6 heteroatoms. The van der Waals surface area contributed by atoms with E-state index in [1.54, 1.807) is 0 Å². The van der Waals surface area contributed by atoms with Crippen LogP contribution in [0.15, 0.2) is 6.07 Å². The third kappa shape index (κ3) is 2.68. The van der Waals surface area contributed by atoms with E-state index in [-0.39, 0.29) is 11.3 Å². The Morgan fingerprint density at radius 2 is 2.20 bits per heavy atom. The topological polar surface area (TPSA) is 50.2 Å². The molecule has 82 valence electrons. The van der Waals surface area contributed by atoms with E-state index in [4.69, 9.17) is 5.11 Å². The largest absolute Gasteiger partial charge is 0.481 e. The molecule has 1 aromatic rings. The van der Waals surface area contributed by atoms with Crippen molar-refractivity contribution in [2.75, 3.05) is 0 Å². The van der Waals surface area contributed by atoms with Gasteiger partial charge in [-0.25, -0.2) is 18.2 Å². The van der Waals surface area contributed by atoms with Gasteiger partial charge in [-0.05, 0) is 13.0 Å². The minimum Gasteiger partial charge on any atom is -0.481 e.